The first-order valence-corrected chi connectivity index (χ1v) is 9.56. The Morgan fingerprint density at radius 2 is 1.83 bits per heavy atom. The van der Waals surface area contributed by atoms with E-state index in [0.717, 1.165) is 11.1 Å². The van der Waals surface area contributed by atoms with Crippen LogP contribution < -0.4 is 16.0 Å². The second-order valence-electron chi connectivity index (χ2n) is 6.87. The van der Waals surface area contributed by atoms with Crippen LogP contribution in [-0.4, -0.2) is 15.9 Å². The monoisotopic (exact) mass is 430 g/mol. The maximum atomic E-state index is 13.1. The van der Waals surface area contributed by atoms with E-state index < -0.39 is 11.0 Å². The molecule has 0 saturated heterocycles. The normalized spacial score (nSPS) is 16.1. The number of hydrogen-bond donors (Lipinski definition) is 3. The number of halogens is 1. The molecule has 1 atom stereocenters. The van der Waals surface area contributed by atoms with E-state index in [1.54, 1.807) is 13.0 Å². The van der Waals surface area contributed by atoms with Crippen LogP contribution in [0.2, 0.25) is 5.02 Å². The number of aryl methyl sites for hydroxylation is 2. The number of nitro benzene ring substituents is 1. The van der Waals surface area contributed by atoms with Gasteiger partial charge in [-0.3, -0.25) is 14.9 Å². The zero-order valence-electron chi connectivity index (χ0n) is 16.0. The highest BCUT2D eigenvalue weighted by Crippen LogP contribution is 2.33. The number of rotatable bonds is 4. The van der Waals surface area contributed by atoms with E-state index in [9.17, 15) is 14.9 Å². The number of nitro groups is 1. The van der Waals surface area contributed by atoms with Gasteiger partial charge in [0.15, 0.2) is 5.11 Å². The lowest BCUT2D eigenvalue weighted by atomic mass is 9.94. The number of nitrogens with zero attached hydrogens (tertiary/aromatic N) is 1. The van der Waals surface area contributed by atoms with Crippen molar-refractivity contribution in [2.45, 2.75) is 26.8 Å². The van der Waals surface area contributed by atoms with Crippen LogP contribution in [0.25, 0.3) is 0 Å². The molecule has 1 aliphatic heterocycles. The Bertz CT molecular complexity index is 1050. The summed E-state index contributed by atoms with van der Waals surface area (Å²) in [6, 6.07) is 9.53. The molecule has 0 saturated carbocycles. The minimum Gasteiger partial charge on any atom is -0.351 e. The number of carbonyl (C=O) groups excluding carboxylic acids is 1. The second kappa shape index (κ2) is 8.18. The van der Waals surface area contributed by atoms with E-state index in [1.807, 2.05) is 32.0 Å². The summed E-state index contributed by atoms with van der Waals surface area (Å²) in [4.78, 5) is 23.8. The van der Waals surface area contributed by atoms with Crippen molar-refractivity contribution in [2.75, 3.05) is 5.32 Å². The fourth-order valence-corrected chi connectivity index (χ4v) is 3.80. The second-order valence-corrected chi connectivity index (χ2v) is 7.68. The van der Waals surface area contributed by atoms with Crippen molar-refractivity contribution in [3.05, 3.63) is 79.5 Å². The lowest BCUT2D eigenvalue weighted by molar-refractivity contribution is -0.384. The molecule has 150 valence electrons. The summed E-state index contributed by atoms with van der Waals surface area (Å²) >= 11 is 11.2. The van der Waals surface area contributed by atoms with Crippen LogP contribution in [-0.2, 0) is 4.79 Å². The van der Waals surface area contributed by atoms with E-state index in [1.165, 1.54) is 12.1 Å². The number of anilines is 1. The van der Waals surface area contributed by atoms with E-state index in [2.05, 4.69) is 16.0 Å². The molecule has 2 aromatic carbocycles. The summed E-state index contributed by atoms with van der Waals surface area (Å²) in [5.74, 6) is -0.336. The van der Waals surface area contributed by atoms with Gasteiger partial charge in [-0.05, 0) is 67.9 Å². The van der Waals surface area contributed by atoms with Gasteiger partial charge in [-0.25, -0.2) is 0 Å². The molecule has 1 amide bonds. The van der Waals surface area contributed by atoms with Crippen molar-refractivity contribution in [3.8, 4) is 0 Å². The highest BCUT2D eigenvalue weighted by molar-refractivity contribution is 7.80. The van der Waals surface area contributed by atoms with Crippen LogP contribution in [0.1, 0.15) is 29.7 Å². The van der Waals surface area contributed by atoms with E-state index in [-0.39, 0.29) is 16.6 Å². The smallest absolute Gasteiger partial charge is 0.288 e. The van der Waals surface area contributed by atoms with Crippen LogP contribution in [0, 0.1) is 24.0 Å². The van der Waals surface area contributed by atoms with Gasteiger partial charge in [0, 0.05) is 17.5 Å². The minimum absolute atomic E-state index is 0.0252. The maximum Gasteiger partial charge on any atom is 0.288 e. The molecule has 1 unspecified atom stereocenters. The number of carbonyl (C=O) groups is 1. The molecule has 0 spiro atoms. The molecular formula is C20H19ClN4O3S. The summed E-state index contributed by atoms with van der Waals surface area (Å²) in [5.41, 5.74) is 3.94. The first-order valence-electron chi connectivity index (χ1n) is 8.77. The van der Waals surface area contributed by atoms with Crippen molar-refractivity contribution in [1.29, 1.82) is 0 Å². The summed E-state index contributed by atoms with van der Waals surface area (Å²) in [6.07, 6.45) is 0. The summed E-state index contributed by atoms with van der Waals surface area (Å²) in [6.45, 7) is 5.64. The molecule has 7 nitrogen and oxygen atoms in total. The predicted octanol–water partition coefficient (Wildman–Crippen LogP) is 4.30. The van der Waals surface area contributed by atoms with Crippen LogP contribution >= 0.6 is 23.8 Å². The molecule has 3 rings (SSSR count). The molecule has 1 aliphatic rings. The average molecular weight is 431 g/mol. The third-order valence-corrected chi connectivity index (χ3v) is 5.03. The zero-order valence-corrected chi connectivity index (χ0v) is 17.6. The van der Waals surface area contributed by atoms with Crippen LogP contribution in [0.4, 0.5) is 11.4 Å². The molecule has 0 radical (unpaired) electrons. The number of nitrogens with one attached hydrogen (secondary N) is 3. The topological polar surface area (TPSA) is 96.3 Å². The van der Waals surface area contributed by atoms with E-state index in [4.69, 9.17) is 23.8 Å². The van der Waals surface area contributed by atoms with Crippen molar-refractivity contribution in [1.82, 2.24) is 10.6 Å². The SMILES string of the molecule is CC1=C(C(=O)Nc2cc(C)cc(C)c2)C(c2ccc(Cl)c([N+](=O)[O-])c2)NC(=S)N1. The van der Waals surface area contributed by atoms with Gasteiger partial charge in [0.2, 0.25) is 0 Å². The number of benzene rings is 2. The molecular weight excluding hydrogens is 412 g/mol. The predicted molar refractivity (Wildman–Crippen MR) is 117 cm³/mol. The van der Waals surface area contributed by atoms with E-state index >= 15 is 0 Å². The summed E-state index contributed by atoms with van der Waals surface area (Å²) < 4.78 is 0. The molecule has 0 bridgehead atoms. The van der Waals surface area contributed by atoms with Crippen LogP contribution in [0.5, 0.6) is 0 Å². The van der Waals surface area contributed by atoms with Gasteiger partial charge in [-0.15, -0.1) is 0 Å². The maximum absolute atomic E-state index is 13.1. The zero-order chi connectivity index (χ0) is 21.3. The van der Waals surface area contributed by atoms with Crippen molar-refractivity contribution in [2.24, 2.45) is 0 Å². The number of amides is 1. The summed E-state index contributed by atoms with van der Waals surface area (Å²) in [7, 11) is 0. The van der Waals surface area contributed by atoms with Crippen LogP contribution in [0.15, 0.2) is 47.7 Å². The van der Waals surface area contributed by atoms with Gasteiger partial charge in [0.25, 0.3) is 11.6 Å². The highest BCUT2D eigenvalue weighted by Gasteiger charge is 2.31. The molecule has 9 heteroatoms. The van der Waals surface area contributed by atoms with Gasteiger partial charge in [0.05, 0.1) is 16.5 Å². The van der Waals surface area contributed by atoms with Gasteiger partial charge >= 0.3 is 0 Å². The first-order chi connectivity index (χ1) is 13.7. The fourth-order valence-electron chi connectivity index (χ4n) is 3.34. The Morgan fingerprint density at radius 1 is 1.17 bits per heavy atom. The average Bonchev–Trinajstić information content (AvgIpc) is 2.60. The lowest BCUT2D eigenvalue weighted by Crippen LogP contribution is -2.45. The summed E-state index contributed by atoms with van der Waals surface area (Å²) in [5, 5.41) is 20.5. The largest absolute Gasteiger partial charge is 0.351 e. The first kappa shape index (κ1) is 20.8. The van der Waals surface area contributed by atoms with Crippen molar-refractivity contribution < 1.29 is 9.72 Å². The molecule has 29 heavy (non-hydrogen) atoms. The van der Waals surface area contributed by atoms with Gasteiger partial charge in [-0.2, -0.15) is 0 Å². The number of allylic oxidation sites excluding steroid dienone is 1. The van der Waals surface area contributed by atoms with E-state index in [0.29, 0.717) is 27.6 Å². The minimum atomic E-state index is -0.661. The number of hydrogen-bond acceptors (Lipinski definition) is 4. The Labute approximate surface area is 178 Å². The van der Waals surface area contributed by atoms with Crippen LogP contribution in [0.3, 0.4) is 0 Å². The molecule has 3 N–H and O–H groups in total. The Hall–Kier alpha value is -2.97. The Balaban J connectivity index is 2.01. The number of thiocarbonyl (C=S) groups is 1. The molecule has 0 aromatic heterocycles. The standard InChI is InChI=1S/C20H19ClN4O3S/c1-10-6-11(2)8-14(7-10)23-19(26)17-12(3)22-20(29)24-18(17)13-4-5-15(21)16(9-13)25(27)28/h4-9,18H,1-3H3,(H,23,26)(H2,22,24,29). The third-order valence-electron chi connectivity index (χ3n) is 4.49. The van der Waals surface area contributed by atoms with Gasteiger partial charge in [-0.1, -0.05) is 23.7 Å². The van der Waals surface area contributed by atoms with Gasteiger partial charge < -0.3 is 16.0 Å². The third kappa shape index (κ3) is 4.55. The fraction of sp³-hybridized carbons (Fsp3) is 0.200. The molecule has 2 aromatic rings. The molecule has 1 heterocycles. The molecule has 0 aliphatic carbocycles. The quantitative estimate of drug-likeness (QED) is 0.380. The van der Waals surface area contributed by atoms with Crippen molar-refractivity contribution >= 4 is 46.2 Å². The highest BCUT2D eigenvalue weighted by atomic mass is 35.5. The Kier molecular flexibility index (Phi) is 5.86. The Morgan fingerprint density at radius 3 is 2.45 bits per heavy atom. The van der Waals surface area contributed by atoms with Gasteiger partial charge in [0.1, 0.15) is 5.02 Å². The molecule has 0 fully saturated rings. The lowest BCUT2D eigenvalue weighted by Gasteiger charge is -2.30. The van der Waals surface area contributed by atoms with Crippen molar-refractivity contribution in [3.63, 3.8) is 0 Å².